The lowest BCUT2D eigenvalue weighted by atomic mass is 10.1. The molecule has 0 aliphatic rings. The molecule has 2 N–H and O–H groups in total. The second kappa shape index (κ2) is 4.43. The number of ketones is 1. The third kappa shape index (κ3) is 1.97. The van der Waals surface area contributed by atoms with E-state index >= 15 is 0 Å². The largest absolute Gasteiger partial charge is 0.384 e. The lowest BCUT2D eigenvalue weighted by molar-refractivity contribution is 0.0988. The van der Waals surface area contributed by atoms with E-state index in [-0.39, 0.29) is 5.78 Å². The number of nitrogen functional groups attached to an aromatic ring is 1. The highest BCUT2D eigenvalue weighted by Gasteiger charge is 2.13. The van der Waals surface area contributed by atoms with Gasteiger partial charge in [-0.05, 0) is 12.1 Å². The number of thiazole rings is 1. The molecule has 0 atom stereocenters. The highest BCUT2D eigenvalue weighted by atomic mass is 32.1. The van der Waals surface area contributed by atoms with Crippen LogP contribution in [0.15, 0.2) is 23.7 Å². The number of nitrogens with two attached hydrogens (primary N) is 1. The van der Waals surface area contributed by atoms with Crippen LogP contribution in [0.2, 0.25) is 0 Å². The Labute approximate surface area is 112 Å². The summed E-state index contributed by atoms with van der Waals surface area (Å²) < 4.78 is 1.52. The molecule has 3 heterocycles. The van der Waals surface area contributed by atoms with Gasteiger partial charge in [0.1, 0.15) is 5.82 Å². The van der Waals surface area contributed by atoms with Gasteiger partial charge < -0.3 is 5.73 Å². The predicted molar refractivity (Wildman–Crippen MR) is 73.1 cm³/mol. The number of hydrogen-bond donors (Lipinski definition) is 1. The monoisotopic (exact) mass is 273 g/mol. The second-order valence-electron chi connectivity index (χ2n) is 3.99. The van der Waals surface area contributed by atoms with E-state index in [9.17, 15) is 4.79 Å². The van der Waals surface area contributed by atoms with Crippen molar-refractivity contribution in [2.75, 3.05) is 5.73 Å². The van der Waals surface area contributed by atoms with Crippen LogP contribution in [0.1, 0.15) is 23.7 Å². The van der Waals surface area contributed by atoms with Crippen molar-refractivity contribution in [1.29, 1.82) is 0 Å². The molecule has 7 heteroatoms. The van der Waals surface area contributed by atoms with E-state index in [2.05, 4.69) is 15.1 Å². The van der Waals surface area contributed by atoms with Crippen molar-refractivity contribution in [2.45, 2.75) is 13.3 Å². The number of nitrogens with zero attached hydrogens (tertiary/aromatic N) is 4. The molecular weight excluding hydrogens is 262 g/mol. The molecule has 0 radical (unpaired) electrons. The Kier molecular flexibility index (Phi) is 2.75. The van der Waals surface area contributed by atoms with Crippen LogP contribution in [0.4, 0.5) is 5.82 Å². The summed E-state index contributed by atoms with van der Waals surface area (Å²) in [6.07, 6.45) is 2.13. The van der Waals surface area contributed by atoms with Crippen LogP contribution in [0, 0.1) is 0 Å². The first-order chi connectivity index (χ1) is 9.19. The van der Waals surface area contributed by atoms with E-state index < -0.39 is 0 Å². The minimum Gasteiger partial charge on any atom is -0.384 e. The van der Waals surface area contributed by atoms with Gasteiger partial charge in [-0.3, -0.25) is 4.79 Å². The van der Waals surface area contributed by atoms with E-state index in [0.717, 1.165) is 5.01 Å². The Morgan fingerprint density at radius 1 is 1.47 bits per heavy atom. The van der Waals surface area contributed by atoms with Crippen LogP contribution in [0.3, 0.4) is 0 Å². The molecule has 19 heavy (non-hydrogen) atoms. The predicted octanol–water partition coefficient (Wildman–Crippen LogP) is 2.03. The van der Waals surface area contributed by atoms with Crippen molar-refractivity contribution in [3.8, 4) is 10.8 Å². The number of carbonyl (C=O) groups excluding carboxylic acids is 1. The van der Waals surface area contributed by atoms with E-state index in [1.807, 2.05) is 12.3 Å². The molecule has 6 nitrogen and oxygen atoms in total. The van der Waals surface area contributed by atoms with Gasteiger partial charge in [-0.25, -0.2) is 9.97 Å². The first kappa shape index (κ1) is 11.8. The SMILES string of the molecule is CCC(=O)c1cc(N)n2nc(-c3nccs3)nc2c1. The van der Waals surface area contributed by atoms with Crippen LogP contribution in [-0.2, 0) is 0 Å². The minimum absolute atomic E-state index is 0.0352. The average molecular weight is 273 g/mol. The standard InChI is InChI=1S/C12H11N5OS/c1-2-8(18)7-5-9(13)17-10(6-7)15-11(16-17)12-14-3-4-19-12/h3-6H,2,13H2,1H3. The van der Waals surface area contributed by atoms with Crippen LogP contribution in [0.25, 0.3) is 16.5 Å². The van der Waals surface area contributed by atoms with Crippen molar-refractivity contribution in [2.24, 2.45) is 0 Å². The number of rotatable bonds is 3. The molecule has 96 valence electrons. The summed E-state index contributed by atoms with van der Waals surface area (Å²) >= 11 is 1.45. The number of Topliss-reactive ketones (excluding diaryl/α,β-unsaturated/α-hetero) is 1. The highest BCUT2D eigenvalue weighted by molar-refractivity contribution is 7.13. The third-order valence-electron chi connectivity index (χ3n) is 2.73. The number of pyridine rings is 1. The lowest BCUT2D eigenvalue weighted by Gasteiger charge is -2.01. The Morgan fingerprint density at radius 2 is 2.32 bits per heavy atom. The van der Waals surface area contributed by atoms with Gasteiger partial charge in [0, 0.05) is 23.6 Å². The summed E-state index contributed by atoms with van der Waals surface area (Å²) in [4.78, 5) is 20.2. The minimum atomic E-state index is 0.0352. The zero-order chi connectivity index (χ0) is 13.4. The number of fused-ring (bicyclic) bond motifs is 1. The summed E-state index contributed by atoms with van der Waals surface area (Å²) in [5, 5.41) is 6.88. The summed E-state index contributed by atoms with van der Waals surface area (Å²) in [6, 6.07) is 3.32. The Balaban J connectivity index is 2.17. The fourth-order valence-corrected chi connectivity index (χ4v) is 2.36. The molecule has 0 spiro atoms. The summed E-state index contributed by atoms with van der Waals surface area (Å²) in [5.74, 6) is 0.945. The molecule has 0 amide bonds. The number of carbonyl (C=O) groups is 1. The first-order valence-corrected chi connectivity index (χ1v) is 6.66. The molecular formula is C12H11N5OS. The topological polar surface area (TPSA) is 86.2 Å². The maximum Gasteiger partial charge on any atom is 0.211 e. The quantitative estimate of drug-likeness (QED) is 0.738. The zero-order valence-corrected chi connectivity index (χ0v) is 11.0. The highest BCUT2D eigenvalue weighted by Crippen LogP contribution is 2.21. The number of hydrogen-bond acceptors (Lipinski definition) is 6. The van der Waals surface area contributed by atoms with Crippen molar-refractivity contribution < 1.29 is 4.79 Å². The first-order valence-electron chi connectivity index (χ1n) is 5.78. The Morgan fingerprint density at radius 3 is 3.00 bits per heavy atom. The average Bonchev–Trinajstić information content (AvgIpc) is 3.05. The van der Waals surface area contributed by atoms with E-state index in [4.69, 9.17) is 5.73 Å². The van der Waals surface area contributed by atoms with Crippen LogP contribution in [0.5, 0.6) is 0 Å². The maximum absolute atomic E-state index is 11.7. The molecule has 3 aromatic rings. The number of aromatic nitrogens is 4. The van der Waals surface area contributed by atoms with Gasteiger partial charge in [-0.2, -0.15) is 4.52 Å². The summed E-state index contributed by atoms with van der Waals surface area (Å²) in [5.41, 5.74) is 7.03. The third-order valence-corrected chi connectivity index (χ3v) is 3.50. The second-order valence-corrected chi connectivity index (χ2v) is 4.88. The van der Waals surface area contributed by atoms with Crippen LogP contribution >= 0.6 is 11.3 Å². The van der Waals surface area contributed by atoms with Crippen LogP contribution in [-0.4, -0.2) is 25.4 Å². The van der Waals surface area contributed by atoms with E-state index in [1.54, 1.807) is 18.3 Å². The van der Waals surface area contributed by atoms with Crippen molar-refractivity contribution in [3.05, 3.63) is 29.3 Å². The number of anilines is 1. The van der Waals surface area contributed by atoms with Gasteiger partial charge in [-0.1, -0.05) is 6.92 Å². The van der Waals surface area contributed by atoms with Gasteiger partial charge in [-0.15, -0.1) is 16.4 Å². The molecule has 0 aliphatic carbocycles. The maximum atomic E-state index is 11.7. The molecule has 3 rings (SSSR count). The van der Waals surface area contributed by atoms with Crippen molar-refractivity contribution in [3.63, 3.8) is 0 Å². The smallest absolute Gasteiger partial charge is 0.211 e. The van der Waals surface area contributed by atoms with Crippen molar-refractivity contribution in [1.82, 2.24) is 19.6 Å². The van der Waals surface area contributed by atoms with E-state index in [1.165, 1.54) is 15.9 Å². The molecule has 3 aromatic heterocycles. The Bertz CT molecular complexity index is 747. The zero-order valence-electron chi connectivity index (χ0n) is 10.2. The Hall–Kier alpha value is -2.28. The fourth-order valence-electron chi connectivity index (χ4n) is 1.80. The fraction of sp³-hybridized carbons (Fsp3) is 0.167. The van der Waals surface area contributed by atoms with Crippen molar-refractivity contribution >= 4 is 28.6 Å². The molecule has 0 fully saturated rings. The van der Waals surface area contributed by atoms with E-state index in [0.29, 0.717) is 29.3 Å². The normalized spacial score (nSPS) is 11.0. The summed E-state index contributed by atoms with van der Waals surface area (Å²) in [6.45, 7) is 1.81. The molecule has 0 unspecified atom stereocenters. The van der Waals surface area contributed by atoms with Gasteiger partial charge in [0.05, 0.1) is 0 Å². The molecule has 0 bridgehead atoms. The molecule has 0 aliphatic heterocycles. The van der Waals surface area contributed by atoms with Gasteiger partial charge in [0.25, 0.3) is 0 Å². The van der Waals surface area contributed by atoms with Crippen LogP contribution < -0.4 is 5.73 Å². The molecule has 0 aromatic carbocycles. The molecule has 0 saturated heterocycles. The summed E-state index contributed by atoms with van der Waals surface area (Å²) in [7, 11) is 0. The van der Waals surface area contributed by atoms with Gasteiger partial charge in [0.2, 0.25) is 5.82 Å². The lowest BCUT2D eigenvalue weighted by Crippen LogP contribution is -2.04. The van der Waals surface area contributed by atoms with Gasteiger partial charge in [0.15, 0.2) is 16.4 Å². The van der Waals surface area contributed by atoms with Gasteiger partial charge >= 0.3 is 0 Å². The molecule has 0 saturated carbocycles.